The number of nitrogens with one attached hydrogen (secondary N) is 1. The molecule has 1 aromatic carbocycles. The van der Waals surface area contributed by atoms with Crippen molar-refractivity contribution < 1.29 is 9.90 Å². The lowest BCUT2D eigenvalue weighted by Gasteiger charge is -2.23. The number of carbonyl (C=O) groups excluding carboxylic acids is 1. The minimum atomic E-state index is -0.226. The van der Waals surface area contributed by atoms with Crippen LogP contribution in [-0.2, 0) is 0 Å². The third-order valence-corrected chi connectivity index (χ3v) is 6.07. The maximum absolute atomic E-state index is 11.6. The van der Waals surface area contributed by atoms with Crippen LogP contribution in [0.3, 0.4) is 0 Å². The molecule has 0 unspecified atom stereocenters. The molecule has 5 rings (SSSR count). The number of nitrogen functional groups attached to an aromatic ring is 2. The Bertz CT molecular complexity index is 1480. The van der Waals surface area contributed by atoms with Crippen LogP contribution in [0, 0.1) is 11.8 Å². The van der Waals surface area contributed by atoms with Crippen LogP contribution in [0.4, 0.5) is 17.3 Å². The molecule has 1 amide bonds. The highest BCUT2D eigenvalue weighted by molar-refractivity contribution is 5.93. The molecule has 40 heavy (non-hydrogen) atoms. The lowest BCUT2D eigenvalue weighted by molar-refractivity contribution is 0.0958. The number of aromatic nitrogens is 5. The maximum atomic E-state index is 11.6. The van der Waals surface area contributed by atoms with E-state index >= 15 is 0 Å². The molecule has 0 spiro atoms. The molecule has 1 aliphatic rings. The minimum absolute atomic E-state index is 0.200. The van der Waals surface area contributed by atoms with Gasteiger partial charge in [0.05, 0.1) is 23.5 Å². The minimum Gasteiger partial charge on any atom is -0.507 e. The normalized spacial score (nSPS) is 12.7. The second kappa shape index (κ2) is 14.1. The van der Waals surface area contributed by atoms with Gasteiger partial charge < -0.3 is 26.8 Å². The Hall–Kier alpha value is -5.24. The van der Waals surface area contributed by atoms with Crippen molar-refractivity contribution in [1.29, 1.82) is 0 Å². The van der Waals surface area contributed by atoms with Gasteiger partial charge in [-0.25, -0.2) is 9.97 Å². The van der Waals surface area contributed by atoms with Crippen LogP contribution in [-0.4, -0.2) is 55.8 Å². The van der Waals surface area contributed by atoms with Crippen molar-refractivity contribution in [1.82, 2.24) is 30.5 Å². The van der Waals surface area contributed by atoms with Gasteiger partial charge in [-0.1, -0.05) is 30.9 Å². The van der Waals surface area contributed by atoms with Gasteiger partial charge in [0.1, 0.15) is 11.6 Å². The summed E-state index contributed by atoms with van der Waals surface area (Å²) in [5, 5.41) is 20.8. The first-order valence-electron chi connectivity index (χ1n) is 12.9. The van der Waals surface area contributed by atoms with E-state index in [2.05, 4.69) is 47.2 Å². The first-order chi connectivity index (χ1) is 19.5. The zero-order valence-electron chi connectivity index (χ0n) is 22.0. The standard InChI is InChI=1S/C16H20N4O.C13H11N5O/c17-16-14(20-9-5-1-2-6-10-20)11-13(18-19-16)12-7-3-4-8-15(12)21;14-11-5-8-16-12(18-11)4-2-7-17-13(19)10-3-1-6-15-9-10/h3-4,7-8,11,21H,1-2,5-6,9-10H2,(H2,17,19);1,3,5-6,8-9H,7H2,(H,17,19)(H2,14,16,18). The van der Waals surface area contributed by atoms with E-state index in [0.717, 1.165) is 18.8 Å². The molecular weight excluding hydrogens is 506 g/mol. The topological polar surface area (TPSA) is 169 Å². The van der Waals surface area contributed by atoms with E-state index in [0.29, 0.717) is 34.3 Å². The van der Waals surface area contributed by atoms with E-state index in [1.54, 1.807) is 36.5 Å². The van der Waals surface area contributed by atoms with Crippen molar-refractivity contribution in [2.45, 2.75) is 25.7 Å². The molecule has 3 aromatic heterocycles. The quantitative estimate of drug-likeness (QED) is 0.284. The number of nitrogens with two attached hydrogens (primary N) is 2. The van der Waals surface area contributed by atoms with E-state index in [-0.39, 0.29) is 18.2 Å². The van der Waals surface area contributed by atoms with Crippen molar-refractivity contribution in [3.63, 3.8) is 0 Å². The fourth-order valence-electron chi connectivity index (χ4n) is 4.06. The number of hydrogen-bond acceptors (Lipinski definition) is 10. The van der Waals surface area contributed by atoms with E-state index in [9.17, 15) is 9.90 Å². The molecule has 4 heterocycles. The van der Waals surface area contributed by atoms with Gasteiger partial charge in [0.25, 0.3) is 5.91 Å². The molecular formula is C29H31N9O2. The summed E-state index contributed by atoms with van der Waals surface area (Å²) in [5.41, 5.74) is 14.2. The summed E-state index contributed by atoms with van der Waals surface area (Å²) >= 11 is 0. The second-order valence-electron chi connectivity index (χ2n) is 8.95. The monoisotopic (exact) mass is 537 g/mol. The Labute approximate surface area is 232 Å². The van der Waals surface area contributed by atoms with Gasteiger partial charge in [-0.05, 0) is 55.2 Å². The summed E-state index contributed by atoms with van der Waals surface area (Å²) in [4.78, 5) is 25.6. The molecule has 1 saturated heterocycles. The number of rotatable bonds is 4. The Morgan fingerprint density at radius 2 is 1.80 bits per heavy atom. The molecule has 0 bridgehead atoms. The fourth-order valence-corrected chi connectivity index (χ4v) is 4.06. The van der Waals surface area contributed by atoms with Gasteiger partial charge in [0.15, 0.2) is 5.82 Å². The Morgan fingerprint density at radius 3 is 2.52 bits per heavy atom. The molecule has 0 saturated carbocycles. The van der Waals surface area contributed by atoms with Crippen molar-refractivity contribution in [3.05, 3.63) is 78.5 Å². The Morgan fingerprint density at radius 1 is 1.00 bits per heavy atom. The third-order valence-electron chi connectivity index (χ3n) is 6.07. The molecule has 11 heteroatoms. The Balaban J connectivity index is 0.000000186. The van der Waals surface area contributed by atoms with Crippen LogP contribution < -0.4 is 21.7 Å². The average molecular weight is 538 g/mol. The van der Waals surface area contributed by atoms with E-state index in [1.165, 1.54) is 38.1 Å². The number of aromatic hydroxyl groups is 1. The van der Waals surface area contributed by atoms with Crippen LogP contribution in [0.25, 0.3) is 11.3 Å². The molecule has 6 N–H and O–H groups in total. The predicted molar refractivity (Wildman–Crippen MR) is 154 cm³/mol. The van der Waals surface area contributed by atoms with Crippen molar-refractivity contribution >= 4 is 23.2 Å². The highest BCUT2D eigenvalue weighted by Crippen LogP contribution is 2.32. The third kappa shape index (κ3) is 7.88. The van der Waals surface area contributed by atoms with Gasteiger partial charge in [-0.2, -0.15) is 0 Å². The summed E-state index contributed by atoms with van der Waals surface area (Å²) in [6.07, 6.45) is 9.50. The van der Waals surface area contributed by atoms with Gasteiger partial charge >= 0.3 is 0 Å². The van der Waals surface area contributed by atoms with Crippen LogP contribution in [0.5, 0.6) is 5.75 Å². The second-order valence-corrected chi connectivity index (χ2v) is 8.95. The molecule has 11 nitrogen and oxygen atoms in total. The number of para-hydroxylation sites is 1. The summed E-state index contributed by atoms with van der Waals surface area (Å²) in [6.45, 7) is 2.19. The van der Waals surface area contributed by atoms with Crippen molar-refractivity contribution in [3.8, 4) is 28.8 Å². The van der Waals surface area contributed by atoms with Crippen LogP contribution in [0.1, 0.15) is 41.9 Å². The fraction of sp³-hybridized carbons (Fsp3) is 0.241. The number of carbonyl (C=O) groups is 1. The van der Waals surface area contributed by atoms with Crippen LogP contribution >= 0.6 is 0 Å². The zero-order valence-corrected chi connectivity index (χ0v) is 22.0. The number of phenols is 1. The van der Waals surface area contributed by atoms with Crippen molar-refractivity contribution in [2.24, 2.45) is 0 Å². The van der Waals surface area contributed by atoms with Gasteiger partial charge in [-0.3, -0.25) is 9.78 Å². The number of benzene rings is 1. The molecule has 1 fully saturated rings. The molecule has 1 aliphatic heterocycles. The van der Waals surface area contributed by atoms with Crippen molar-refractivity contribution in [2.75, 3.05) is 36.0 Å². The van der Waals surface area contributed by atoms with E-state index < -0.39 is 0 Å². The number of nitrogens with zero attached hydrogens (tertiary/aromatic N) is 6. The number of phenolic OH excluding ortho intramolecular Hbond substituents is 1. The lowest BCUT2D eigenvalue weighted by atomic mass is 10.1. The summed E-state index contributed by atoms with van der Waals surface area (Å²) in [5.74, 6) is 6.58. The summed E-state index contributed by atoms with van der Waals surface area (Å²) < 4.78 is 0. The first-order valence-corrected chi connectivity index (χ1v) is 12.9. The zero-order chi connectivity index (χ0) is 28.2. The Kier molecular flexibility index (Phi) is 9.77. The number of amides is 1. The van der Waals surface area contributed by atoms with Gasteiger partial charge in [-0.15, -0.1) is 10.2 Å². The molecule has 0 atom stereocenters. The lowest BCUT2D eigenvalue weighted by Crippen LogP contribution is -2.25. The predicted octanol–water partition coefficient (Wildman–Crippen LogP) is 3.05. The van der Waals surface area contributed by atoms with E-state index in [4.69, 9.17) is 11.5 Å². The average Bonchev–Trinajstić information content (AvgIpc) is 3.26. The highest BCUT2D eigenvalue weighted by Gasteiger charge is 2.16. The van der Waals surface area contributed by atoms with Gasteiger partial charge in [0, 0.05) is 37.2 Å². The highest BCUT2D eigenvalue weighted by atomic mass is 16.3. The summed E-state index contributed by atoms with van der Waals surface area (Å²) in [6, 6.07) is 14.0. The molecule has 0 aliphatic carbocycles. The first kappa shape index (κ1) is 27.8. The largest absolute Gasteiger partial charge is 0.507 e. The smallest absolute Gasteiger partial charge is 0.253 e. The van der Waals surface area contributed by atoms with Gasteiger partial charge in [0.2, 0.25) is 5.82 Å². The van der Waals surface area contributed by atoms with Crippen LogP contribution in [0.15, 0.2) is 67.1 Å². The number of pyridine rings is 1. The maximum Gasteiger partial charge on any atom is 0.253 e. The van der Waals surface area contributed by atoms with E-state index in [1.807, 2.05) is 18.2 Å². The SMILES string of the molecule is Nc1ccnc(C#CCNC(=O)c2cccnc2)n1.Nc1nnc(-c2ccccc2O)cc1N1CCCCCC1. The number of anilines is 3. The molecule has 0 radical (unpaired) electrons. The molecule has 4 aromatic rings. The molecule has 204 valence electrons. The van der Waals surface area contributed by atoms with Crippen LogP contribution in [0.2, 0.25) is 0 Å². The summed E-state index contributed by atoms with van der Waals surface area (Å²) in [7, 11) is 0. The number of hydrogen-bond donors (Lipinski definition) is 4.